The molecular formula is C58H75FN2O7. The smallest absolute Gasteiger partial charge is 0.239 e. The third-order valence-corrected chi connectivity index (χ3v) is 14.6. The Morgan fingerprint density at radius 2 is 1.57 bits per heavy atom. The Kier molecular flexibility index (Phi) is 19.1. The van der Waals surface area contributed by atoms with Crippen LogP contribution in [0, 0.1) is 23.6 Å². The number of hydrogen-bond acceptors (Lipinski definition) is 8. The number of unbranched alkanes of at least 4 members (excludes halogenated alkanes) is 10. The first-order valence-corrected chi connectivity index (χ1v) is 25.6. The molecule has 1 heterocycles. The van der Waals surface area contributed by atoms with Gasteiger partial charge in [-0.1, -0.05) is 149 Å². The van der Waals surface area contributed by atoms with Crippen molar-refractivity contribution in [1.29, 1.82) is 0 Å². The molecule has 0 spiro atoms. The molecular weight excluding hydrogens is 856 g/mol. The number of oxime groups is 1. The number of carbonyl (C=O) groups is 1. The molecule has 1 aliphatic heterocycles. The SMILES string of the molecule is C=CCO[C@@]12Oc3ccc(OCc4ccccc4F)cc3[C@H]3[C@H](CCCCO)[C@@H](CCCCO)C=C(C(=NOC)C[C@@H]1N(Cc1cccc4ccccc14)C(=O)CCCCCCCCCCC)[C@H]32. The Hall–Kier alpha value is -5.03. The summed E-state index contributed by atoms with van der Waals surface area (Å²) in [6.07, 6.45) is 19.8. The van der Waals surface area contributed by atoms with E-state index in [2.05, 4.69) is 49.9 Å². The van der Waals surface area contributed by atoms with Gasteiger partial charge in [0.2, 0.25) is 11.7 Å². The minimum Gasteiger partial charge on any atom is -0.489 e. The molecule has 366 valence electrons. The second-order valence-corrected chi connectivity index (χ2v) is 19.1. The van der Waals surface area contributed by atoms with Crippen molar-refractivity contribution in [3.8, 4) is 11.5 Å². The molecule has 0 unspecified atom stereocenters. The van der Waals surface area contributed by atoms with Crippen LogP contribution in [0.2, 0.25) is 0 Å². The first-order chi connectivity index (χ1) is 33.4. The Bertz CT molecular complexity index is 2310. The van der Waals surface area contributed by atoms with E-state index in [0.29, 0.717) is 49.3 Å². The lowest BCUT2D eigenvalue weighted by Crippen LogP contribution is -2.70. The highest BCUT2D eigenvalue weighted by atomic mass is 19.1. The predicted molar refractivity (Wildman–Crippen MR) is 269 cm³/mol. The lowest BCUT2D eigenvalue weighted by molar-refractivity contribution is -0.258. The molecule has 0 aromatic heterocycles. The zero-order valence-corrected chi connectivity index (χ0v) is 40.6. The number of aliphatic hydroxyl groups excluding tert-OH is 2. The number of nitrogens with zero attached hydrogens (tertiary/aromatic N) is 2. The van der Waals surface area contributed by atoms with E-state index in [1.165, 1.54) is 44.6 Å². The van der Waals surface area contributed by atoms with Crippen LogP contribution in [-0.4, -0.2) is 65.5 Å². The third-order valence-electron chi connectivity index (χ3n) is 14.6. The number of carbonyl (C=O) groups excluding carboxylic acids is 1. The first-order valence-electron chi connectivity index (χ1n) is 25.6. The van der Waals surface area contributed by atoms with Crippen molar-refractivity contribution in [2.24, 2.45) is 22.9 Å². The first kappa shape index (κ1) is 50.8. The Balaban J connectivity index is 1.36. The van der Waals surface area contributed by atoms with Crippen LogP contribution >= 0.6 is 0 Å². The van der Waals surface area contributed by atoms with Gasteiger partial charge in [0.05, 0.1) is 18.2 Å². The average Bonchev–Trinajstić information content (AvgIpc) is 3.35. The molecule has 7 rings (SSSR count). The fraction of sp³-hybridized carbons (Fsp3) is 0.517. The van der Waals surface area contributed by atoms with Crippen molar-refractivity contribution >= 4 is 22.4 Å². The topological polar surface area (TPSA) is 110 Å². The van der Waals surface area contributed by atoms with Crippen LogP contribution in [0.3, 0.4) is 0 Å². The van der Waals surface area contributed by atoms with Crippen LogP contribution in [0.5, 0.6) is 11.5 Å². The maximum Gasteiger partial charge on any atom is 0.239 e. The molecule has 0 radical (unpaired) electrons. The van der Waals surface area contributed by atoms with E-state index in [9.17, 15) is 14.6 Å². The summed E-state index contributed by atoms with van der Waals surface area (Å²) in [5.41, 5.74) is 4.17. The van der Waals surface area contributed by atoms with Crippen molar-refractivity contribution < 1.29 is 38.4 Å². The molecule has 10 heteroatoms. The summed E-state index contributed by atoms with van der Waals surface area (Å²) in [7, 11) is 1.57. The van der Waals surface area contributed by atoms with Gasteiger partial charge in [0.1, 0.15) is 37.1 Å². The van der Waals surface area contributed by atoms with E-state index in [1.807, 2.05) is 35.2 Å². The summed E-state index contributed by atoms with van der Waals surface area (Å²) in [5.74, 6) is -0.968. The molecule has 4 aromatic rings. The number of ether oxygens (including phenoxy) is 3. The second kappa shape index (κ2) is 25.5. The molecule has 2 N–H and O–H groups in total. The van der Waals surface area contributed by atoms with Crippen LogP contribution in [0.1, 0.15) is 139 Å². The number of hydrogen-bond donors (Lipinski definition) is 2. The normalized spacial score (nSPS) is 22.2. The zero-order valence-electron chi connectivity index (χ0n) is 40.6. The minimum absolute atomic E-state index is 0.0386. The third kappa shape index (κ3) is 12.0. The van der Waals surface area contributed by atoms with E-state index in [0.717, 1.165) is 78.1 Å². The molecule has 1 fully saturated rings. The molecule has 1 saturated carbocycles. The van der Waals surface area contributed by atoms with Crippen LogP contribution in [0.4, 0.5) is 4.39 Å². The number of allylic oxidation sites excluding steroid dienone is 1. The van der Waals surface area contributed by atoms with Gasteiger partial charge in [0.25, 0.3) is 0 Å². The largest absolute Gasteiger partial charge is 0.489 e. The second-order valence-electron chi connectivity index (χ2n) is 19.1. The van der Waals surface area contributed by atoms with E-state index in [4.69, 9.17) is 24.2 Å². The van der Waals surface area contributed by atoms with Crippen LogP contribution < -0.4 is 9.47 Å². The number of halogens is 1. The van der Waals surface area contributed by atoms with Gasteiger partial charge in [-0.05, 0) is 90.1 Å². The standard InChI is InChI=1S/C58H75FN2O7/c1-4-6-7-8-9-10-11-12-13-31-55(64)61(40-44-27-22-26-42-23-14-16-28-47(42)44)54-39-52(60-65-3)49-37-43(24-18-20-34-62)48(29-19-21-35-63)56-50-38-46(66-41-45-25-15-17-30-51(45)59)32-33-53(50)68-58(54,57(49)56)67-36-5-2/h5,14-17,22-23,25-28,30,32-33,37-38,43,48,54,56-57,62-63H,2,4,6-13,18-21,24,29,31,34-36,39-41H2,1,3H3/t43-,48+,54-,56+,57+,58+/m0/s1. The van der Waals surface area contributed by atoms with Gasteiger partial charge in [-0.15, -0.1) is 6.58 Å². The van der Waals surface area contributed by atoms with Gasteiger partial charge >= 0.3 is 0 Å². The van der Waals surface area contributed by atoms with E-state index < -0.39 is 17.7 Å². The maximum atomic E-state index is 15.4. The quantitative estimate of drug-likeness (QED) is 0.0332. The van der Waals surface area contributed by atoms with E-state index in [-0.39, 0.29) is 55.9 Å². The number of benzene rings is 4. The fourth-order valence-electron chi connectivity index (χ4n) is 11.3. The van der Waals surface area contributed by atoms with Crippen LogP contribution in [-0.2, 0) is 27.5 Å². The van der Waals surface area contributed by atoms with Gasteiger partial charge in [-0.25, -0.2) is 4.39 Å². The Morgan fingerprint density at radius 1 is 0.868 bits per heavy atom. The van der Waals surface area contributed by atoms with Gasteiger partial charge in [0, 0.05) is 49.6 Å². The summed E-state index contributed by atoms with van der Waals surface area (Å²) >= 11 is 0. The van der Waals surface area contributed by atoms with Crippen molar-refractivity contribution in [1.82, 2.24) is 4.90 Å². The van der Waals surface area contributed by atoms with E-state index >= 15 is 4.79 Å². The summed E-state index contributed by atoms with van der Waals surface area (Å²) in [4.78, 5) is 23.1. The van der Waals surface area contributed by atoms with Gasteiger partial charge in [-0.2, -0.15) is 0 Å². The van der Waals surface area contributed by atoms with Crippen LogP contribution in [0.25, 0.3) is 10.8 Å². The Labute approximate surface area is 404 Å². The molecule has 3 aliphatic rings. The number of aliphatic hydroxyl groups is 2. The molecule has 0 saturated heterocycles. The molecule has 6 atom stereocenters. The number of rotatable bonds is 28. The maximum absolute atomic E-state index is 15.4. The molecule has 4 aromatic carbocycles. The van der Waals surface area contributed by atoms with Crippen molar-refractivity contribution in [2.75, 3.05) is 26.9 Å². The number of fused-ring (bicyclic) bond motifs is 3. The van der Waals surface area contributed by atoms with Crippen molar-refractivity contribution in [3.05, 3.63) is 132 Å². The summed E-state index contributed by atoms with van der Waals surface area (Å²) < 4.78 is 36.0. The van der Waals surface area contributed by atoms with E-state index in [1.54, 1.807) is 31.4 Å². The summed E-state index contributed by atoms with van der Waals surface area (Å²) in [6.45, 7) is 7.12. The van der Waals surface area contributed by atoms with Crippen molar-refractivity contribution in [3.63, 3.8) is 0 Å². The Morgan fingerprint density at radius 3 is 2.32 bits per heavy atom. The summed E-state index contributed by atoms with van der Waals surface area (Å²) in [6, 6.07) is 26.5. The van der Waals surface area contributed by atoms with Crippen LogP contribution in [0.15, 0.2) is 114 Å². The minimum atomic E-state index is -1.38. The number of amides is 1. The molecule has 0 bridgehead atoms. The predicted octanol–water partition coefficient (Wildman–Crippen LogP) is 12.8. The zero-order chi connectivity index (χ0) is 47.7. The molecule has 68 heavy (non-hydrogen) atoms. The molecule has 2 aliphatic carbocycles. The van der Waals surface area contributed by atoms with Gasteiger partial charge in [0.15, 0.2) is 0 Å². The highest BCUT2D eigenvalue weighted by molar-refractivity contribution is 6.03. The average molecular weight is 931 g/mol. The summed E-state index contributed by atoms with van der Waals surface area (Å²) in [5, 5.41) is 27.0. The highest BCUT2D eigenvalue weighted by Crippen LogP contribution is 2.62. The lowest BCUT2D eigenvalue weighted by Gasteiger charge is -2.60. The van der Waals surface area contributed by atoms with Crippen molar-refractivity contribution in [2.45, 2.75) is 147 Å². The fourth-order valence-corrected chi connectivity index (χ4v) is 11.3. The van der Waals surface area contributed by atoms with Gasteiger partial charge in [-0.3, -0.25) is 4.79 Å². The molecule has 1 amide bonds. The highest BCUT2D eigenvalue weighted by Gasteiger charge is 2.65. The lowest BCUT2D eigenvalue weighted by atomic mass is 9.55. The van der Waals surface area contributed by atoms with Gasteiger partial charge < -0.3 is 34.2 Å². The monoisotopic (exact) mass is 931 g/mol. The molecule has 9 nitrogen and oxygen atoms in total.